The first-order chi connectivity index (χ1) is 13.2. The number of unbranched alkanes of at least 4 members (excludes halogenated alkanes) is 1. The van der Waals surface area contributed by atoms with Crippen molar-refractivity contribution in [3.63, 3.8) is 0 Å². The van der Waals surface area contributed by atoms with Gasteiger partial charge in [0.2, 0.25) is 0 Å². The summed E-state index contributed by atoms with van der Waals surface area (Å²) in [5.41, 5.74) is 7.07. The highest BCUT2D eigenvalue weighted by Gasteiger charge is 2.24. The maximum atomic E-state index is 2.50. The highest BCUT2D eigenvalue weighted by atomic mass is 15.2. The first-order valence-corrected chi connectivity index (χ1v) is 10.5. The molecule has 1 aromatic rings. The quantitative estimate of drug-likeness (QED) is 0.485. The van der Waals surface area contributed by atoms with Crippen molar-refractivity contribution in [1.82, 2.24) is 4.90 Å². The predicted molar refractivity (Wildman–Crippen MR) is 117 cm³/mol. The molecule has 0 fully saturated rings. The van der Waals surface area contributed by atoms with E-state index in [0.717, 1.165) is 25.7 Å². The van der Waals surface area contributed by atoms with Crippen molar-refractivity contribution >= 4 is 0 Å². The molecule has 1 aliphatic heterocycles. The molecule has 1 unspecified atom stereocenters. The molecule has 0 bridgehead atoms. The van der Waals surface area contributed by atoms with Crippen molar-refractivity contribution in [3.8, 4) is 0 Å². The van der Waals surface area contributed by atoms with Crippen molar-refractivity contribution in [2.75, 3.05) is 0 Å². The summed E-state index contributed by atoms with van der Waals surface area (Å²) in [4.78, 5) is 2.50. The molecule has 0 saturated carbocycles. The van der Waals surface area contributed by atoms with Crippen LogP contribution in [0, 0.1) is 6.92 Å². The zero-order valence-electron chi connectivity index (χ0n) is 17.1. The lowest BCUT2D eigenvalue weighted by atomic mass is 9.89. The van der Waals surface area contributed by atoms with Crippen molar-refractivity contribution in [2.45, 2.75) is 65.3 Å². The van der Waals surface area contributed by atoms with Crippen molar-refractivity contribution in [2.24, 2.45) is 0 Å². The predicted octanol–water partition coefficient (Wildman–Crippen LogP) is 7.55. The molecule has 142 valence electrons. The Morgan fingerprint density at radius 2 is 2.04 bits per heavy atom. The molecule has 1 heterocycles. The summed E-state index contributed by atoms with van der Waals surface area (Å²) in [6.07, 6.45) is 23.2. The van der Waals surface area contributed by atoms with E-state index in [9.17, 15) is 0 Å². The van der Waals surface area contributed by atoms with Crippen LogP contribution in [-0.4, -0.2) is 4.90 Å². The number of nitrogens with zero attached hydrogens (tertiary/aromatic N) is 1. The van der Waals surface area contributed by atoms with Gasteiger partial charge in [0, 0.05) is 11.9 Å². The molecule has 0 aromatic heterocycles. The maximum Gasteiger partial charge on any atom is 0.0777 e. The average molecular weight is 360 g/mol. The number of hydrogen-bond acceptors (Lipinski definition) is 1. The fourth-order valence-corrected chi connectivity index (χ4v) is 3.95. The van der Waals surface area contributed by atoms with E-state index in [1.165, 1.54) is 40.8 Å². The highest BCUT2D eigenvalue weighted by Crippen LogP contribution is 2.37. The zero-order chi connectivity index (χ0) is 19.1. The Balaban J connectivity index is 2.02. The minimum atomic E-state index is 0.271. The van der Waals surface area contributed by atoms with Gasteiger partial charge in [0.15, 0.2) is 0 Å². The molecule has 0 saturated heterocycles. The molecule has 3 rings (SSSR count). The van der Waals surface area contributed by atoms with Crippen LogP contribution in [0.5, 0.6) is 0 Å². The minimum absolute atomic E-state index is 0.271. The Hall–Kier alpha value is -2.28. The van der Waals surface area contributed by atoms with Gasteiger partial charge in [0.05, 0.1) is 6.04 Å². The second-order valence-electron chi connectivity index (χ2n) is 7.54. The van der Waals surface area contributed by atoms with Crippen LogP contribution >= 0.6 is 0 Å². The fourth-order valence-electron chi connectivity index (χ4n) is 3.95. The van der Waals surface area contributed by atoms with Crippen molar-refractivity contribution in [1.29, 1.82) is 0 Å². The first-order valence-electron chi connectivity index (χ1n) is 10.5. The summed E-state index contributed by atoms with van der Waals surface area (Å²) in [6.45, 7) is 6.76. The Morgan fingerprint density at radius 3 is 2.74 bits per heavy atom. The summed E-state index contributed by atoms with van der Waals surface area (Å²) in [7, 11) is 0. The van der Waals surface area contributed by atoms with Crippen LogP contribution in [0.25, 0.3) is 0 Å². The third-order valence-electron chi connectivity index (χ3n) is 5.45. The normalized spacial score (nSPS) is 19.9. The summed E-state index contributed by atoms with van der Waals surface area (Å²) in [5.74, 6) is 0. The van der Waals surface area contributed by atoms with Crippen LogP contribution in [0.15, 0.2) is 83.8 Å². The molecule has 1 aromatic carbocycles. The van der Waals surface area contributed by atoms with Gasteiger partial charge in [0.25, 0.3) is 0 Å². The van der Waals surface area contributed by atoms with Crippen LogP contribution in [0.3, 0.4) is 0 Å². The van der Waals surface area contributed by atoms with Gasteiger partial charge in [-0.15, -0.1) is 0 Å². The van der Waals surface area contributed by atoms with Gasteiger partial charge < -0.3 is 4.90 Å². The Labute approximate surface area is 165 Å². The van der Waals surface area contributed by atoms with E-state index < -0.39 is 0 Å². The van der Waals surface area contributed by atoms with Crippen LogP contribution < -0.4 is 0 Å². The summed E-state index contributed by atoms with van der Waals surface area (Å²) in [6, 6.07) is 9.11. The van der Waals surface area contributed by atoms with Crippen molar-refractivity contribution < 1.29 is 0 Å². The number of allylic oxidation sites excluding steroid dienone is 8. The van der Waals surface area contributed by atoms with Gasteiger partial charge >= 0.3 is 0 Å². The lowest BCUT2D eigenvalue weighted by Gasteiger charge is -2.35. The molecule has 1 nitrogen and oxygen atoms in total. The molecule has 1 heteroatoms. The Morgan fingerprint density at radius 1 is 1.19 bits per heavy atom. The first kappa shape index (κ1) is 19.5. The molecule has 0 radical (unpaired) electrons. The van der Waals surface area contributed by atoms with E-state index in [2.05, 4.69) is 92.6 Å². The Kier molecular flexibility index (Phi) is 6.92. The van der Waals surface area contributed by atoms with E-state index in [1.807, 2.05) is 0 Å². The second-order valence-corrected chi connectivity index (χ2v) is 7.54. The lowest BCUT2D eigenvalue weighted by Crippen LogP contribution is -2.25. The number of benzene rings is 1. The van der Waals surface area contributed by atoms with Crippen LogP contribution in [0.1, 0.15) is 69.5 Å². The average Bonchev–Trinajstić information content (AvgIpc) is 2.72. The Bertz CT molecular complexity index is 788. The zero-order valence-corrected chi connectivity index (χ0v) is 17.1. The monoisotopic (exact) mass is 359 g/mol. The molecule has 2 aliphatic rings. The van der Waals surface area contributed by atoms with Crippen LogP contribution in [-0.2, 0) is 0 Å². The largest absolute Gasteiger partial charge is 0.341 e. The van der Waals surface area contributed by atoms with Gasteiger partial charge in [-0.25, -0.2) is 0 Å². The summed E-state index contributed by atoms with van der Waals surface area (Å²) >= 11 is 0. The SMILES string of the molecule is CCC/C=C(\CCC)N1C=CC(C2=CC=CCC2)=CC1c1ccccc1C. The summed E-state index contributed by atoms with van der Waals surface area (Å²) in [5, 5.41) is 0. The van der Waals surface area contributed by atoms with E-state index in [0.29, 0.717) is 0 Å². The van der Waals surface area contributed by atoms with Crippen LogP contribution in [0.2, 0.25) is 0 Å². The lowest BCUT2D eigenvalue weighted by molar-refractivity contribution is 0.377. The number of rotatable bonds is 7. The molecule has 1 atom stereocenters. The summed E-state index contributed by atoms with van der Waals surface area (Å²) < 4.78 is 0. The van der Waals surface area contributed by atoms with E-state index in [1.54, 1.807) is 0 Å². The van der Waals surface area contributed by atoms with Crippen molar-refractivity contribution in [3.05, 3.63) is 94.9 Å². The van der Waals surface area contributed by atoms with Crippen LogP contribution in [0.4, 0.5) is 0 Å². The van der Waals surface area contributed by atoms with Gasteiger partial charge in [-0.3, -0.25) is 0 Å². The molecular formula is C26H33N. The standard InChI is InChI=1S/C26H33N/c1-4-6-16-24(12-5-2)27-19-18-23(22-14-8-7-9-15-22)20-26(27)25-17-11-10-13-21(25)3/h7-8,10-11,13-14,16-20,26H,4-6,9,12,15H2,1-3H3/b24-16+. The molecule has 1 aliphatic carbocycles. The molecule has 27 heavy (non-hydrogen) atoms. The van der Waals surface area contributed by atoms with E-state index >= 15 is 0 Å². The fraction of sp³-hybridized carbons (Fsp3) is 0.385. The molecule has 0 amide bonds. The topological polar surface area (TPSA) is 3.24 Å². The third kappa shape index (κ3) is 4.71. The minimum Gasteiger partial charge on any atom is -0.341 e. The molecular weight excluding hydrogens is 326 g/mol. The smallest absolute Gasteiger partial charge is 0.0777 e. The highest BCUT2D eigenvalue weighted by molar-refractivity contribution is 5.48. The van der Waals surface area contributed by atoms with E-state index in [-0.39, 0.29) is 6.04 Å². The van der Waals surface area contributed by atoms with Gasteiger partial charge in [-0.2, -0.15) is 0 Å². The number of hydrogen-bond donors (Lipinski definition) is 0. The van der Waals surface area contributed by atoms with Gasteiger partial charge in [-0.05, 0) is 67.0 Å². The van der Waals surface area contributed by atoms with Gasteiger partial charge in [-0.1, -0.05) is 75.3 Å². The molecule has 0 spiro atoms. The van der Waals surface area contributed by atoms with Gasteiger partial charge in [0.1, 0.15) is 0 Å². The maximum absolute atomic E-state index is 2.50. The van der Waals surface area contributed by atoms with E-state index in [4.69, 9.17) is 0 Å². The molecule has 0 N–H and O–H groups in total. The second kappa shape index (κ2) is 9.60. The third-order valence-corrected chi connectivity index (χ3v) is 5.45. The number of aryl methyl sites for hydroxylation is 1.